The van der Waals surface area contributed by atoms with Gasteiger partial charge in [-0.1, -0.05) is 49.9 Å². The summed E-state index contributed by atoms with van der Waals surface area (Å²) >= 11 is 13.5. The summed E-state index contributed by atoms with van der Waals surface area (Å²) < 4.78 is 0. The SMILES string of the molecule is CC(CCCl)c1ccc(Sc2ccc(C(C)CCCl)cc2)cc1. The highest BCUT2D eigenvalue weighted by Crippen LogP contribution is 2.31. The van der Waals surface area contributed by atoms with Gasteiger partial charge < -0.3 is 0 Å². The van der Waals surface area contributed by atoms with Crippen LogP contribution in [0, 0.1) is 0 Å². The summed E-state index contributed by atoms with van der Waals surface area (Å²) in [5.41, 5.74) is 2.72. The molecule has 0 saturated heterocycles. The molecule has 0 spiro atoms. The molecule has 0 aliphatic heterocycles. The highest BCUT2D eigenvalue weighted by atomic mass is 35.5. The van der Waals surface area contributed by atoms with Crippen molar-refractivity contribution in [2.45, 2.75) is 48.3 Å². The van der Waals surface area contributed by atoms with Crippen molar-refractivity contribution in [2.75, 3.05) is 11.8 Å². The normalized spacial score (nSPS) is 13.7. The number of alkyl halides is 2. The molecule has 2 rings (SSSR count). The van der Waals surface area contributed by atoms with Crippen LogP contribution < -0.4 is 0 Å². The summed E-state index contributed by atoms with van der Waals surface area (Å²) in [6.07, 6.45) is 2.05. The number of benzene rings is 2. The van der Waals surface area contributed by atoms with E-state index in [4.69, 9.17) is 23.2 Å². The van der Waals surface area contributed by atoms with Crippen molar-refractivity contribution >= 4 is 35.0 Å². The summed E-state index contributed by atoms with van der Waals surface area (Å²) in [4.78, 5) is 2.54. The van der Waals surface area contributed by atoms with Crippen molar-refractivity contribution in [3.8, 4) is 0 Å². The minimum atomic E-state index is 0.522. The second kappa shape index (κ2) is 9.61. The number of halogens is 2. The van der Waals surface area contributed by atoms with Crippen molar-refractivity contribution in [3.63, 3.8) is 0 Å². The number of hydrogen-bond acceptors (Lipinski definition) is 1. The van der Waals surface area contributed by atoms with Crippen molar-refractivity contribution in [3.05, 3.63) is 59.7 Å². The van der Waals surface area contributed by atoms with Crippen LogP contribution >= 0.6 is 35.0 Å². The summed E-state index contributed by atoms with van der Waals surface area (Å²) in [7, 11) is 0. The van der Waals surface area contributed by atoms with Gasteiger partial charge in [0.2, 0.25) is 0 Å². The zero-order valence-corrected chi connectivity index (χ0v) is 16.1. The molecule has 124 valence electrons. The molecule has 0 nitrogen and oxygen atoms in total. The molecule has 2 aromatic rings. The maximum atomic E-state index is 5.83. The fourth-order valence-electron chi connectivity index (χ4n) is 2.53. The van der Waals surface area contributed by atoms with Crippen LogP contribution in [-0.2, 0) is 0 Å². The molecule has 0 saturated carbocycles. The zero-order valence-electron chi connectivity index (χ0n) is 13.8. The highest BCUT2D eigenvalue weighted by Gasteiger charge is 2.07. The first-order valence-corrected chi connectivity index (χ1v) is 10.0. The molecule has 0 fully saturated rings. The molecule has 0 N–H and O–H groups in total. The first kappa shape index (κ1) is 18.7. The first-order valence-electron chi connectivity index (χ1n) is 8.13. The third-order valence-corrected chi connectivity index (χ3v) is 5.67. The van der Waals surface area contributed by atoms with Crippen molar-refractivity contribution in [1.82, 2.24) is 0 Å². The molecule has 0 aliphatic rings. The van der Waals surface area contributed by atoms with Crippen molar-refractivity contribution in [1.29, 1.82) is 0 Å². The lowest BCUT2D eigenvalue weighted by Crippen LogP contribution is -1.94. The van der Waals surface area contributed by atoms with Gasteiger partial charge in [-0.25, -0.2) is 0 Å². The third-order valence-electron chi connectivity index (χ3n) is 4.22. The minimum Gasteiger partial charge on any atom is -0.127 e. The quantitative estimate of drug-likeness (QED) is 0.441. The van der Waals surface area contributed by atoms with E-state index in [0.29, 0.717) is 23.6 Å². The molecular formula is C20H24Cl2S. The fourth-order valence-corrected chi connectivity index (χ4v) is 4.00. The van der Waals surface area contributed by atoms with Gasteiger partial charge in [0.15, 0.2) is 0 Å². The van der Waals surface area contributed by atoms with E-state index >= 15 is 0 Å². The Hall–Kier alpha value is -0.630. The largest absolute Gasteiger partial charge is 0.127 e. The molecule has 0 heterocycles. The molecule has 0 bridgehead atoms. The maximum absolute atomic E-state index is 5.83. The number of rotatable bonds is 8. The predicted octanol–water partition coefficient (Wildman–Crippen LogP) is 7.30. The van der Waals surface area contributed by atoms with Gasteiger partial charge in [0.1, 0.15) is 0 Å². The van der Waals surface area contributed by atoms with Crippen LogP contribution in [0.15, 0.2) is 58.3 Å². The molecule has 0 radical (unpaired) electrons. The van der Waals surface area contributed by atoms with Crippen LogP contribution in [0.4, 0.5) is 0 Å². The van der Waals surface area contributed by atoms with Gasteiger partial charge in [0.05, 0.1) is 0 Å². The van der Waals surface area contributed by atoms with Gasteiger partial charge in [-0.3, -0.25) is 0 Å². The Morgan fingerprint density at radius 3 is 1.35 bits per heavy atom. The van der Waals surface area contributed by atoms with Crippen LogP contribution in [-0.4, -0.2) is 11.8 Å². The molecule has 0 amide bonds. The van der Waals surface area contributed by atoms with E-state index in [0.717, 1.165) is 12.8 Å². The van der Waals surface area contributed by atoms with Crippen molar-refractivity contribution in [2.24, 2.45) is 0 Å². The smallest absolute Gasteiger partial charge is 0.0229 e. The van der Waals surface area contributed by atoms with Crippen LogP contribution in [0.25, 0.3) is 0 Å². The Kier molecular flexibility index (Phi) is 7.82. The van der Waals surface area contributed by atoms with Gasteiger partial charge in [-0.2, -0.15) is 0 Å². The fraction of sp³-hybridized carbons (Fsp3) is 0.400. The van der Waals surface area contributed by atoms with E-state index in [1.165, 1.54) is 20.9 Å². The Balaban J connectivity index is 1.99. The van der Waals surface area contributed by atoms with Crippen LogP contribution in [0.3, 0.4) is 0 Å². The van der Waals surface area contributed by atoms with E-state index in [2.05, 4.69) is 62.4 Å². The Morgan fingerprint density at radius 1 is 0.696 bits per heavy atom. The second-order valence-corrected chi connectivity index (χ2v) is 7.90. The molecule has 0 aromatic heterocycles. The van der Waals surface area contributed by atoms with E-state index in [9.17, 15) is 0 Å². The third kappa shape index (κ3) is 5.74. The summed E-state index contributed by atoms with van der Waals surface area (Å²) in [6.45, 7) is 4.45. The molecule has 23 heavy (non-hydrogen) atoms. The molecule has 2 atom stereocenters. The summed E-state index contributed by atoms with van der Waals surface area (Å²) in [6, 6.07) is 17.7. The Morgan fingerprint density at radius 2 is 1.04 bits per heavy atom. The van der Waals surface area contributed by atoms with Gasteiger partial charge in [-0.15, -0.1) is 23.2 Å². The van der Waals surface area contributed by atoms with Gasteiger partial charge >= 0.3 is 0 Å². The monoisotopic (exact) mass is 366 g/mol. The van der Waals surface area contributed by atoms with Crippen molar-refractivity contribution < 1.29 is 0 Å². The van der Waals surface area contributed by atoms with Crippen LogP contribution in [0.1, 0.15) is 49.7 Å². The molecular weight excluding hydrogens is 343 g/mol. The maximum Gasteiger partial charge on any atom is 0.0229 e. The standard InChI is InChI=1S/C20H24Cl2S/c1-15(11-13-21)17-3-7-19(8-4-17)23-20-9-5-18(6-10-20)16(2)12-14-22/h3-10,15-16H,11-14H2,1-2H3. The van der Waals surface area contributed by atoms with E-state index in [1.54, 1.807) is 11.8 Å². The minimum absolute atomic E-state index is 0.522. The van der Waals surface area contributed by atoms with Gasteiger partial charge in [0, 0.05) is 21.6 Å². The van der Waals surface area contributed by atoms with Gasteiger partial charge in [-0.05, 0) is 60.1 Å². The topological polar surface area (TPSA) is 0 Å². The summed E-state index contributed by atoms with van der Waals surface area (Å²) in [5.74, 6) is 2.47. The van der Waals surface area contributed by atoms with Crippen LogP contribution in [0.5, 0.6) is 0 Å². The lowest BCUT2D eigenvalue weighted by Gasteiger charge is -2.12. The molecule has 0 aliphatic carbocycles. The molecule has 3 heteroatoms. The average Bonchev–Trinajstić information content (AvgIpc) is 2.56. The van der Waals surface area contributed by atoms with Crippen LogP contribution in [0.2, 0.25) is 0 Å². The second-order valence-electron chi connectivity index (χ2n) is 6.00. The predicted molar refractivity (Wildman–Crippen MR) is 105 cm³/mol. The number of hydrogen-bond donors (Lipinski definition) is 0. The average molecular weight is 367 g/mol. The molecule has 2 aromatic carbocycles. The van der Waals surface area contributed by atoms with E-state index in [-0.39, 0.29) is 0 Å². The molecule has 2 unspecified atom stereocenters. The summed E-state index contributed by atoms with van der Waals surface area (Å²) in [5, 5.41) is 0. The first-order chi connectivity index (χ1) is 11.1. The van der Waals surface area contributed by atoms with E-state index < -0.39 is 0 Å². The lowest BCUT2D eigenvalue weighted by molar-refractivity contribution is 0.737. The lowest BCUT2D eigenvalue weighted by atomic mass is 9.99. The van der Waals surface area contributed by atoms with E-state index in [1.807, 2.05) is 0 Å². The van der Waals surface area contributed by atoms with Gasteiger partial charge in [0.25, 0.3) is 0 Å². The Bertz CT molecular complexity index is 524. The zero-order chi connectivity index (χ0) is 16.7. The Labute approximate surface area is 154 Å². The highest BCUT2D eigenvalue weighted by molar-refractivity contribution is 7.99.